The SMILES string of the molecule is C=C/C=C\c1c(C)cc(C)c(S(=O)(=O)Nc2ccccc2C#Cc2cnc(C(=O)O)c3ccccc23)c1C. The van der Waals surface area contributed by atoms with Gasteiger partial charge in [0, 0.05) is 22.5 Å². The monoisotopic (exact) mass is 522 g/mol. The lowest BCUT2D eigenvalue weighted by Crippen LogP contribution is -2.17. The van der Waals surface area contributed by atoms with E-state index in [-0.39, 0.29) is 10.6 Å². The van der Waals surface area contributed by atoms with Gasteiger partial charge in [0.2, 0.25) is 0 Å². The van der Waals surface area contributed by atoms with E-state index in [2.05, 4.69) is 28.1 Å². The number of fused-ring (bicyclic) bond motifs is 1. The van der Waals surface area contributed by atoms with E-state index in [0.717, 1.165) is 11.1 Å². The first kappa shape index (κ1) is 26.4. The van der Waals surface area contributed by atoms with Crippen molar-refractivity contribution in [1.29, 1.82) is 0 Å². The molecule has 0 aliphatic rings. The van der Waals surface area contributed by atoms with Crippen LogP contribution in [0.25, 0.3) is 16.8 Å². The van der Waals surface area contributed by atoms with Crippen LogP contribution in [0.1, 0.15) is 43.9 Å². The molecule has 0 unspecified atom stereocenters. The molecule has 0 bridgehead atoms. The maximum absolute atomic E-state index is 13.6. The number of aryl methyl sites for hydroxylation is 2. The molecule has 0 saturated heterocycles. The van der Waals surface area contributed by atoms with Crippen molar-refractivity contribution in [3.05, 3.63) is 119 Å². The number of carboxylic acids is 1. The summed E-state index contributed by atoms with van der Waals surface area (Å²) in [5.41, 5.74) is 4.37. The van der Waals surface area contributed by atoms with Gasteiger partial charge in [0.05, 0.1) is 16.1 Å². The van der Waals surface area contributed by atoms with Gasteiger partial charge in [0.25, 0.3) is 10.0 Å². The quantitative estimate of drug-likeness (QED) is 0.230. The van der Waals surface area contributed by atoms with E-state index in [9.17, 15) is 18.3 Å². The third-order valence-corrected chi connectivity index (χ3v) is 7.78. The van der Waals surface area contributed by atoms with Crippen LogP contribution in [-0.4, -0.2) is 24.5 Å². The highest BCUT2D eigenvalue weighted by atomic mass is 32.2. The number of sulfonamides is 1. The highest BCUT2D eigenvalue weighted by Crippen LogP contribution is 2.30. The fourth-order valence-electron chi connectivity index (χ4n) is 4.49. The van der Waals surface area contributed by atoms with Crippen molar-refractivity contribution < 1.29 is 18.3 Å². The summed E-state index contributed by atoms with van der Waals surface area (Å²) in [6, 6.07) is 15.7. The van der Waals surface area contributed by atoms with E-state index in [4.69, 9.17) is 0 Å². The zero-order valence-corrected chi connectivity index (χ0v) is 22.1. The Kier molecular flexibility index (Phi) is 7.47. The lowest BCUT2D eigenvalue weighted by atomic mass is 9.99. The number of pyridine rings is 1. The molecule has 4 rings (SSSR count). The Labute approximate surface area is 222 Å². The summed E-state index contributed by atoms with van der Waals surface area (Å²) < 4.78 is 29.9. The molecule has 4 aromatic rings. The van der Waals surface area contributed by atoms with Gasteiger partial charge in [0.1, 0.15) is 0 Å². The summed E-state index contributed by atoms with van der Waals surface area (Å²) in [4.78, 5) is 15.9. The number of benzene rings is 3. The second kappa shape index (κ2) is 10.8. The molecule has 0 fully saturated rings. The lowest BCUT2D eigenvalue weighted by Gasteiger charge is -2.17. The minimum Gasteiger partial charge on any atom is -0.476 e. The Balaban J connectivity index is 1.77. The Hall–Kier alpha value is -4.67. The van der Waals surface area contributed by atoms with Gasteiger partial charge >= 0.3 is 5.97 Å². The zero-order chi connectivity index (χ0) is 27.4. The molecule has 7 heteroatoms. The average molecular weight is 523 g/mol. The molecule has 1 aromatic heterocycles. The highest BCUT2D eigenvalue weighted by molar-refractivity contribution is 7.92. The van der Waals surface area contributed by atoms with Crippen LogP contribution in [0.2, 0.25) is 0 Å². The van der Waals surface area contributed by atoms with E-state index < -0.39 is 16.0 Å². The second-order valence-corrected chi connectivity index (χ2v) is 10.4. The van der Waals surface area contributed by atoms with Crippen LogP contribution in [-0.2, 0) is 10.0 Å². The minimum absolute atomic E-state index is 0.0505. The van der Waals surface area contributed by atoms with Crippen molar-refractivity contribution in [3.8, 4) is 11.8 Å². The van der Waals surface area contributed by atoms with E-state index in [1.54, 1.807) is 74.5 Å². The van der Waals surface area contributed by atoms with Crippen molar-refractivity contribution in [3.63, 3.8) is 0 Å². The number of carbonyl (C=O) groups is 1. The molecule has 6 nitrogen and oxygen atoms in total. The number of hydrogen-bond acceptors (Lipinski definition) is 4. The van der Waals surface area contributed by atoms with Gasteiger partial charge in [-0.05, 0) is 55.2 Å². The summed E-state index contributed by atoms with van der Waals surface area (Å²) in [6.45, 7) is 9.21. The molecule has 0 radical (unpaired) electrons. The largest absolute Gasteiger partial charge is 0.476 e. The first-order chi connectivity index (χ1) is 18.1. The van der Waals surface area contributed by atoms with Crippen LogP contribution in [0, 0.1) is 32.6 Å². The molecule has 0 aliphatic carbocycles. The minimum atomic E-state index is -3.95. The zero-order valence-electron chi connectivity index (χ0n) is 21.2. The van der Waals surface area contributed by atoms with E-state index in [0.29, 0.717) is 38.7 Å². The van der Waals surface area contributed by atoms with Gasteiger partial charge in [-0.15, -0.1) is 0 Å². The van der Waals surface area contributed by atoms with Gasteiger partial charge < -0.3 is 5.11 Å². The Bertz CT molecular complexity index is 1790. The van der Waals surface area contributed by atoms with Crippen molar-refractivity contribution in [2.45, 2.75) is 25.7 Å². The Morgan fingerprint density at radius 2 is 1.63 bits per heavy atom. The van der Waals surface area contributed by atoms with E-state index in [1.807, 2.05) is 19.1 Å². The van der Waals surface area contributed by atoms with Crippen LogP contribution >= 0.6 is 0 Å². The summed E-state index contributed by atoms with van der Waals surface area (Å²) in [6.07, 6.45) is 6.70. The number of hydrogen-bond donors (Lipinski definition) is 2. The molecule has 0 aliphatic heterocycles. The molecular formula is C31H26N2O4S. The van der Waals surface area contributed by atoms with Gasteiger partial charge in [-0.1, -0.05) is 79.1 Å². The van der Waals surface area contributed by atoms with Crippen molar-refractivity contribution in [2.75, 3.05) is 4.72 Å². The first-order valence-electron chi connectivity index (χ1n) is 11.8. The van der Waals surface area contributed by atoms with Crippen LogP contribution in [0.3, 0.4) is 0 Å². The molecule has 0 amide bonds. The number of allylic oxidation sites excluding steroid dienone is 2. The molecule has 38 heavy (non-hydrogen) atoms. The fraction of sp³-hybridized carbons (Fsp3) is 0.0968. The van der Waals surface area contributed by atoms with Crippen molar-refractivity contribution in [1.82, 2.24) is 4.98 Å². The summed E-state index contributed by atoms with van der Waals surface area (Å²) in [5, 5.41) is 10.6. The fourth-order valence-corrected chi connectivity index (χ4v) is 6.06. The molecule has 0 spiro atoms. The molecule has 0 atom stereocenters. The predicted octanol–water partition coefficient (Wildman–Crippen LogP) is 6.26. The van der Waals surface area contributed by atoms with Crippen molar-refractivity contribution >= 4 is 38.5 Å². The normalized spacial score (nSPS) is 11.2. The van der Waals surface area contributed by atoms with Crippen LogP contribution < -0.4 is 4.72 Å². The topological polar surface area (TPSA) is 96.4 Å². The molecule has 190 valence electrons. The first-order valence-corrected chi connectivity index (χ1v) is 13.3. The maximum atomic E-state index is 13.6. The van der Waals surface area contributed by atoms with Crippen LogP contribution in [0.5, 0.6) is 0 Å². The standard InChI is InChI=1S/C31H26N2O4S/c1-5-6-12-25-20(2)18-21(3)30(22(25)4)38(36,37)33-28-15-10-7-11-23(28)16-17-24-19-32-29(31(34)35)27-14-9-8-13-26(24)27/h5-15,18-19,33H,1H2,2-4H3,(H,34,35)/b12-6-. The van der Waals surface area contributed by atoms with Gasteiger partial charge in [-0.2, -0.15) is 0 Å². The highest BCUT2D eigenvalue weighted by Gasteiger charge is 2.23. The summed E-state index contributed by atoms with van der Waals surface area (Å²) in [5.74, 6) is 4.96. The molecule has 2 N–H and O–H groups in total. The van der Waals surface area contributed by atoms with Gasteiger partial charge in [-0.25, -0.2) is 18.2 Å². The number of rotatable bonds is 6. The smallest absolute Gasteiger partial charge is 0.355 e. The van der Waals surface area contributed by atoms with Crippen LogP contribution in [0.15, 0.2) is 84.4 Å². The molecular weight excluding hydrogens is 496 g/mol. The number of nitrogens with one attached hydrogen (secondary N) is 1. The third-order valence-electron chi connectivity index (χ3n) is 6.13. The van der Waals surface area contributed by atoms with Gasteiger partial charge in [-0.3, -0.25) is 4.72 Å². The summed E-state index contributed by atoms with van der Waals surface area (Å²) >= 11 is 0. The number of anilines is 1. The Morgan fingerprint density at radius 3 is 2.34 bits per heavy atom. The second-order valence-electron chi connectivity index (χ2n) is 8.75. The van der Waals surface area contributed by atoms with Gasteiger partial charge in [0.15, 0.2) is 5.69 Å². The van der Waals surface area contributed by atoms with E-state index in [1.165, 1.54) is 6.20 Å². The molecule has 1 heterocycles. The number of para-hydroxylation sites is 1. The van der Waals surface area contributed by atoms with Crippen LogP contribution in [0.4, 0.5) is 5.69 Å². The number of aromatic nitrogens is 1. The number of carboxylic acid groups (broad SMARTS) is 1. The van der Waals surface area contributed by atoms with Crippen molar-refractivity contribution in [2.24, 2.45) is 0 Å². The lowest BCUT2D eigenvalue weighted by molar-refractivity contribution is 0.0693. The average Bonchev–Trinajstić information content (AvgIpc) is 2.87. The molecule has 3 aromatic carbocycles. The van der Waals surface area contributed by atoms with E-state index >= 15 is 0 Å². The predicted molar refractivity (Wildman–Crippen MR) is 152 cm³/mol. The number of aromatic carboxylic acids is 1. The Morgan fingerprint density at radius 1 is 0.974 bits per heavy atom. The summed E-state index contributed by atoms with van der Waals surface area (Å²) in [7, 11) is -3.95. The number of nitrogens with zero attached hydrogens (tertiary/aromatic N) is 1. The third kappa shape index (κ3) is 5.22. The maximum Gasteiger partial charge on any atom is 0.355 e. The molecule has 0 saturated carbocycles.